The van der Waals surface area contributed by atoms with Crippen molar-refractivity contribution in [2.24, 2.45) is 0 Å². The van der Waals surface area contributed by atoms with E-state index in [9.17, 15) is 9.59 Å². The molecule has 0 aliphatic rings. The molecule has 1 amide bonds. The van der Waals surface area contributed by atoms with E-state index in [2.05, 4.69) is 21.2 Å². The van der Waals surface area contributed by atoms with E-state index in [4.69, 9.17) is 4.74 Å². The number of ether oxygens (including phenoxy) is 1. The minimum Gasteiger partial charge on any atom is -0.465 e. The maximum absolute atomic E-state index is 11.5. The molecule has 0 bridgehead atoms. The van der Waals surface area contributed by atoms with Crippen LogP contribution >= 0.6 is 15.9 Å². The zero-order valence-electron chi connectivity index (χ0n) is 9.53. The van der Waals surface area contributed by atoms with Gasteiger partial charge >= 0.3 is 5.97 Å². The van der Waals surface area contributed by atoms with Gasteiger partial charge in [0.25, 0.3) is 0 Å². The Hall–Kier alpha value is -1.36. The Balaban J connectivity index is 2.37. The number of nitrogens with one attached hydrogen (secondary N) is 1. The summed E-state index contributed by atoms with van der Waals surface area (Å²) < 4.78 is 5.62. The average Bonchev–Trinajstić information content (AvgIpc) is 2.27. The van der Waals surface area contributed by atoms with Gasteiger partial charge in [-0.1, -0.05) is 28.1 Å². The van der Waals surface area contributed by atoms with Crippen molar-refractivity contribution < 1.29 is 14.3 Å². The van der Waals surface area contributed by atoms with Crippen LogP contribution < -0.4 is 5.32 Å². The van der Waals surface area contributed by atoms with E-state index in [1.165, 1.54) is 0 Å². The Morgan fingerprint density at radius 3 is 2.82 bits per heavy atom. The van der Waals surface area contributed by atoms with Crippen LogP contribution in [-0.2, 0) is 20.7 Å². The third-order valence-corrected chi connectivity index (χ3v) is 2.48. The molecule has 0 fully saturated rings. The van der Waals surface area contributed by atoms with Crippen molar-refractivity contribution in [1.82, 2.24) is 5.32 Å². The topological polar surface area (TPSA) is 55.4 Å². The first kappa shape index (κ1) is 13.7. The van der Waals surface area contributed by atoms with Gasteiger partial charge < -0.3 is 10.1 Å². The molecule has 0 saturated carbocycles. The van der Waals surface area contributed by atoms with Gasteiger partial charge in [0.1, 0.15) is 6.54 Å². The van der Waals surface area contributed by atoms with Gasteiger partial charge in [-0.25, -0.2) is 0 Å². The van der Waals surface area contributed by atoms with Gasteiger partial charge in [-0.3, -0.25) is 9.59 Å². The van der Waals surface area contributed by atoms with Crippen molar-refractivity contribution in [3.05, 3.63) is 34.3 Å². The molecule has 1 aromatic rings. The molecule has 1 rings (SSSR count). The van der Waals surface area contributed by atoms with Crippen LogP contribution in [0.2, 0.25) is 0 Å². The molecule has 5 heteroatoms. The van der Waals surface area contributed by atoms with Crippen LogP contribution in [0, 0.1) is 0 Å². The minimum absolute atomic E-state index is 0.0827. The standard InChI is InChI=1S/C12H14BrNO3/c1-2-17-12(16)8-14-11(15)7-9-4-3-5-10(13)6-9/h3-6H,2,7-8H2,1H3,(H,14,15). The Morgan fingerprint density at radius 2 is 2.18 bits per heavy atom. The molecular weight excluding hydrogens is 286 g/mol. The Kier molecular flexibility index (Phi) is 5.69. The molecule has 92 valence electrons. The maximum Gasteiger partial charge on any atom is 0.325 e. The lowest BCUT2D eigenvalue weighted by atomic mass is 10.1. The number of esters is 1. The second-order valence-electron chi connectivity index (χ2n) is 3.39. The van der Waals surface area contributed by atoms with Crippen molar-refractivity contribution in [3.8, 4) is 0 Å². The summed E-state index contributed by atoms with van der Waals surface area (Å²) in [5, 5.41) is 2.51. The number of halogens is 1. The predicted molar refractivity (Wildman–Crippen MR) is 67.5 cm³/mol. The van der Waals surface area contributed by atoms with Gasteiger partial charge in [0.2, 0.25) is 5.91 Å². The third kappa shape index (κ3) is 5.49. The average molecular weight is 300 g/mol. The Labute approximate surface area is 108 Å². The molecule has 0 saturated heterocycles. The fraction of sp³-hybridized carbons (Fsp3) is 0.333. The molecule has 0 heterocycles. The molecule has 0 radical (unpaired) electrons. The van der Waals surface area contributed by atoms with Crippen LogP contribution in [0.3, 0.4) is 0 Å². The molecule has 0 atom stereocenters. The van der Waals surface area contributed by atoms with Crippen LogP contribution in [0.4, 0.5) is 0 Å². The lowest BCUT2D eigenvalue weighted by Gasteiger charge is -2.05. The second kappa shape index (κ2) is 7.06. The highest BCUT2D eigenvalue weighted by molar-refractivity contribution is 9.10. The van der Waals surface area contributed by atoms with Gasteiger partial charge in [-0.05, 0) is 24.6 Å². The van der Waals surface area contributed by atoms with E-state index in [1.54, 1.807) is 6.92 Å². The number of carbonyl (C=O) groups is 2. The highest BCUT2D eigenvalue weighted by Crippen LogP contribution is 2.11. The summed E-state index contributed by atoms with van der Waals surface area (Å²) in [6.07, 6.45) is 0.249. The lowest BCUT2D eigenvalue weighted by molar-refractivity contribution is -0.143. The van der Waals surface area contributed by atoms with Crippen molar-refractivity contribution in [1.29, 1.82) is 0 Å². The van der Waals surface area contributed by atoms with Gasteiger partial charge in [0.05, 0.1) is 13.0 Å². The highest BCUT2D eigenvalue weighted by Gasteiger charge is 2.06. The number of benzene rings is 1. The third-order valence-electron chi connectivity index (χ3n) is 1.99. The lowest BCUT2D eigenvalue weighted by Crippen LogP contribution is -2.31. The Morgan fingerprint density at radius 1 is 1.41 bits per heavy atom. The summed E-state index contributed by atoms with van der Waals surface area (Å²) in [6.45, 7) is 1.96. The number of amides is 1. The van der Waals surface area contributed by atoms with E-state index in [1.807, 2.05) is 24.3 Å². The summed E-state index contributed by atoms with van der Waals surface area (Å²) in [5.74, 6) is -0.619. The summed E-state index contributed by atoms with van der Waals surface area (Å²) in [4.78, 5) is 22.5. The number of hydrogen-bond acceptors (Lipinski definition) is 3. The minimum atomic E-state index is -0.421. The van der Waals surface area contributed by atoms with Crippen LogP contribution in [0.1, 0.15) is 12.5 Å². The van der Waals surface area contributed by atoms with Crippen molar-refractivity contribution in [3.63, 3.8) is 0 Å². The molecule has 0 aromatic heterocycles. The fourth-order valence-corrected chi connectivity index (χ4v) is 1.72. The molecule has 0 aliphatic carbocycles. The van der Waals surface area contributed by atoms with Crippen LogP contribution in [0.15, 0.2) is 28.7 Å². The summed E-state index contributed by atoms with van der Waals surface area (Å²) in [6, 6.07) is 7.47. The smallest absolute Gasteiger partial charge is 0.325 e. The number of rotatable bonds is 5. The van der Waals surface area contributed by atoms with Gasteiger partial charge in [-0.15, -0.1) is 0 Å². The van der Waals surface area contributed by atoms with E-state index >= 15 is 0 Å². The van der Waals surface area contributed by atoms with Crippen molar-refractivity contribution in [2.75, 3.05) is 13.2 Å². The first-order valence-electron chi connectivity index (χ1n) is 5.28. The quantitative estimate of drug-likeness (QED) is 0.842. The van der Waals surface area contributed by atoms with Crippen molar-refractivity contribution in [2.45, 2.75) is 13.3 Å². The SMILES string of the molecule is CCOC(=O)CNC(=O)Cc1cccc(Br)c1. The molecule has 0 spiro atoms. The second-order valence-corrected chi connectivity index (χ2v) is 4.30. The normalized spacial score (nSPS) is 9.76. The van der Waals surface area contributed by atoms with Gasteiger partial charge in [0.15, 0.2) is 0 Å². The van der Waals surface area contributed by atoms with Gasteiger partial charge in [0, 0.05) is 4.47 Å². The molecule has 1 N–H and O–H groups in total. The molecule has 0 unspecified atom stereocenters. The van der Waals surface area contributed by atoms with E-state index in [-0.39, 0.29) is 18.9 Å². The molecule has 4 nitrogen and oxygen atoms in total. The zero-order chi connectivity index (χ0) is 12.7. The first-order valence-corrected chi connectivity index (χ1v) is 6.08. The number of carbonyl (C=O) groups excluding carboxylic acids is 2. The van der Waals surface area contributed by atoms with Crippen LogP contribution in [-0.4, -0.2) is 25.0 Å². The van der Waals surface area contributed by atoms with Gasteiger partial charge in [-0.2, -0.15) is 0 Å². The largest absolute Gasteiger partial charge is 0.465 e. The van der Waals surface area contributed by atoms with E-state index < -0.39 is 5.97 Å². The monoisotopic (exact) mass is 299 g/mol. The van der Waals surface area contributed by atoms with Crippen LogP contribution in [0.5, 0.6) is 0 Å². The number of hydrogen-bond donors (Lipinski definition) is 1. The zero-order valence-corrected chi connectivity index (χ0v) is 11.1. The predicted octanol–water partition coefficient (Wildman–Crippen LogP) is 1.67. The maximum atomic E-state index is 11.5. The first-order chi connectivity index (χ1) is 8.11. The Bertz CT molecular complexity index is 406. The van der Waals surface area contributed by atoms with Crippen LogP contribution in [0.25, 0.3) is 0 Å². The molecule has 17 heavy (non-hydrogen) atoms. The molecule has 0 aliphatic heterocycles. The summed E-state index contributed by atoms with van der Waals surface area (Å²) in [7, 11) is 0. The molecular formula is C12H14BrNO3. The van der Waals surface area contributed by atoms with E-state index in [0.29, 0.717) is 6.61 Å². The summed E-state index contributed by atoms with van der Waals surface area (Å²) in [5.41, 5.74) is 0.890. The highest BCUT2D eigenvalue weighted by atomic mass is 79.9. The fourth-order valence-electron chi connectivity index (χ4n) is 1.28. The van der Waals surface area contributed by atoms with Crippen molar-refractivity contribution >= 4 is 27.8 Å². The molecule has 1 aromatic carbocycles. The van der Waals surface area contributed by atoms with E-state index in [0.717, 1.165) is 10.0 Å². The summed E-state index contributed by atoms with van der Waals surface area (Å²) >= 11 is 3.33.